The van der Waals surface area contributed by atoms with Crippen LogP contribution >= 0.6 is 0 Å². The fourth-order valence-electron chi connectivity index (χ4n) is 3.79. The zero-order chi connectivity index (χ0) is 18.3. The molecule has 0 aromatic carbocycles. The van der Waals surface area contributed by atoms with Gasteiger partial charge in [-0.05, 0) is 0 Å². The van der Waals surface area contributed by atoms with E-state index in [0.717, 1.165) is 6.42 Å². The molecule has 0 aromatic heterocycles. The molecule has 0 atom stereocenters. The summed E-state index contributed by atoms with van der Waals surface area (Å²) in [5.41, 5.74) is 0. The maximum absolute atomic E-state index is 3.91. The van der Waals surface area contributed by atoms with Gasteiger partial charge in [0, 0.05) is 0 Å². The summed E-state index contributed by atoms with van der Waals surface area (Å²) in [6.07, 6.45) is 33.3. The second-order valence-electron chi connectivity index (χ2n) is 8.28. The van der Waals surface area contributed by atoms with Gasteiger partial charge < -0.3 is 6.92 Å². The van der Waals surface area contributed by atoms with Gasteiger partial charge in [-0.15, -0.1) is 0 Å². The Morgan fingerprint density at radius 1 is 0.346 bits per heavy atom. The van der Waals surface area contributed by atoms with Crippen LogP contribution in [0, 0.1) is 6.92 Å². The molecule has 0 aromatic rings. The van der Waals surface area contributed by atoms with E-state index in [2.05, 4.69) is 13.8 Å². The van der Waals surface area contributed by atoms with Gasteiger partial charge in [0.25, 0.3) is 0 Å². The molecule has 0 unspecified atom stereocenters. The van der Waals surface area contributed by atoms with Gasteiger partial charge >= 0.3 is 18.9 Å². The Morgan fingerprint density at radius 2 is 0.538 bits per heavy atom. The third kappa shape index (κ3) is 26.8. The van der Waals surface area contributed by atoms with Crippen LogP contribution in [-0.4, -0.2) is 0 Å². The number of rotatable bonds is 22. The Morgan fingerprint density at radius 3 is 0.731 bits per heavy atom. The minimum absolute atomic E-state index is 0. The Balaban J connectivity index is 0. The van der Waals surface area contributed by atoms with Gasteiger partial charge in [0.2, 0.25) is 0 Å². The van der Waals surface area contributed by atoms with Gasteiger partial charge in [-0.1, -0.05) is 148 Å². The molecule has 0 spiro atoms. The van der Waals surface area contributed by atoms with Crippen molar-refractivity contribution < 1.29 is 18.9 Å². The Kier molecular flexibility index (Phi) is 30.8. The molecule has 0 saturated carbocycles. The first-order chi connectivity index (χ1) is 12.4. The van der Waals surface area contributed by atoms with Crippen LogP contribution in [0.2, 0.25) is 0 Å². The molecule has 0 saturated heterocycles. The van der Waals surface area contributed by atoms with E-state index >= 15 is 0 Å². The number of hydrogen-bond acceptors (Lipinski definition) is 0. The average molecular weight is 359 g/mol. The quantitative estimate of drug-likeness (QED) is 0.113. The minimum atomic E-state index is 0. The molecule has 0 fully saturated rings. The van der Waals surface area contributed by atoms with Crippen molar-refractivity contribution in [2.75, 3.05) is 0 Å². The number of hydrogen-bond donors (Lipinski definition) is 0. The van der Waals surface area contributed by atoms with E-state index in [4.69, 9.17) is 0 Å². The van der Waals surface area contributed by atoms with Crippen LogP contribution in [0.5, 0.6) is 0 Å². The summed E-state index contributed by atoms with van der Waals surface area (Å²) in [7, 11) is 0. The fraction of sp³-hybridized carbons (Fsp3) is 0.960. The smallest absolute Gasteiger partial charge is 0.343 e. The maximum atomic E-state index is 3.91. The second-order valence-corrected chi connectivity index (χ2v) is 8.28. The summed E-state index contributed by atoms with van der Waals surface area (Å²) in [6, 6.07) is 0. The third-order valence-electron chi connectivity index (χ3n) is 5.60. The van der Waals surface area contributed by atoms with Gasteiger partial charge in [0.15, 0.2) is 0 Å². The van der Waals surface area contributed by atoms with E-state index in [1.54, 1.807) is 0 Å². The first-order valence-electron chi connectivity index (χ1n) is 12.2. The summed E-state index contributed by atoms with van der Waals surface area (Å²) in [5, 5.41) is 0. The molecule has 152 valence electrons. The molecular weight excluding hydrogens is 307 g/mol. The molecule has 26 heavy (non-hydrogen) atoms. The van der Waals surface area contributed by atoms with E-state index in [9.17, 15) is 0 Å². The Hall–Kier alpha value is 0.597. The minimum Gasteiger partial charge on any atom is -0.343 e. The first kappa shape index (κ1) is 28.8. The summed E-state index contributed by atoms with van der Waals surface area (Å²) in [4.78, 5) is 0. The second kappa shape index (κ2) is 27.8. The van der Waals surface area contributed by atoms with E-state index in [1.807, 2.05) is 0 Å². The third-order valence-corrected chi connectivity index (χ3v) is 5.60. The summed E-state index contributed by atoms with van der Waals surface area (Å²) in [5.74, 6) is 0. The molecule has 0 N–H and O–H groups in total. The van der Waals surface area contributed by atoms with E-state index in [-0.39, 0.29) is 18.9 Å². The molecule has 0 aliphatic carbocycles. The van der Waals surface area contributed by atoms with Crippen molar-refractivity contribution >= 4 is 0 Å². The molecule has 0 aliphatic rings. The van der Waals surface area contributed by atoms with Crippen molar-refractivity contribution in [3.8, 4) is 0 Å². The normalized spacial score (nSPS) is 10.8. The van der Waals surface area contributed by atoms with Crippen LogP contribution in [0.25, 0.3) is 0 Å². The molecule has 0 radical (unpaired) electrons. The van der Waals surface area contributed by atoms with Crippen LogP contribution in [0.15, 0.2) is 0 Å². The van der Waals surface area contributed by atoms with Crippen molar-refractivity contribution in [3.63, 3.8) is 0 Å². The van der Waals surface area contributed by atoms with Crippen molar-refractivity contribution in [3.05, 3.63) is 6.92 Å². The zero-order valence-corrected chi connectivity index (χ0v) is 19.0. The monoisotopic (exact) mass is 358 g/mol. The Bertz CT molecular complexity index is 192. The van der Waals surface area contributed by atoms with Gasteiger partial charge in [-0.2, -0.15) is 6.42 Å². The Labute approximate surface area is 180 Å². The van der Waals surface area contributed by atoms with Crippen molar-refractivity contribution in [1.82, 2.24) is 0 Å². The summed E-state index contributed by atoms with van der Waals surface area (Å²) < 4.78 is 0. The van der Waals surface area contributed by atoms with Crippen LogP contribution in [-0.2, 0) is 0 Å². The van der Waals surface area contributed by atoms with Crippen molar-refractivity contribution in [1.29, 1.82) is 0 Å². The van der Waals surface area contributed by atoms with Crippen LogP contribution in [0.3, 0.4) is 0 Å². The van der Waals surface area contributed by atoms with Crippen molar-refractivity contribution in [2.24, 2.45) is 0 Å². The molecule has 0 amide bonds. The van der Waals surface area contributed by atoms with Gasteiger partial charge in [-0.3, -0.25) is 0 Å². The van der Waals surface area contributed by atoms with Crippen LogP contribution in [0.4, 0.5) is 0 Å². The fourth-order valence-corrected chi connectivity index (χ4v) is 3.79. The van der Waals surface area contributed by atoms with Gasteiger partial charge in [0.1, 0.15) is 0 Å². The van der Waals surface area contributed by atoms with Gasteiger partial charge in [0.05, 0.1) is 0 Å². The predicted octanol–water partition coefficient (Wildman–Crippen LogP) is 6.82. The molecule has 1 heteroatoms. The largest absolute Gasteiger partial charge is 1.00 e. The SMILES string of the molecule is [CH2-]CCCCCCCCCCCCCCCCCCCCCCCC.[Li+]. The zero-order valence-electron chi connectivity index (χ0n) is 19.0. The van der Waals surface area contributed by atoms with Crippen LogP contribution < -0.4 is 18.9 Å². The molecule has 0 nitrogen and oxygen atoms in total. The standard InChI is InChI=1S/C25H51.Li/c1-3-5-7-9-11-13-15-17-19-21-23-25-24-22-20-18-16-14-12-10-8-6-4-2;/h1,3-25H2,2H3;/q-1;+1. The summed E-state index contributed by atoms with van der Waals surface area (Å²) in [6.45, 7) is 6.21. The van der Waals surface area contributed by atoms with Crippen molar-refractivity contribution in [2.45, 2.75) is 155 Å². The van der Waals surface area contributed by atoms with E-state index in [0.29, 0.717) is 0 Å². The van der Waals surface area contributed by atoms with E-state index in [1.165, 1.54) is 141 Å². The molecule has 0 heterocycles. The number of unbranched alkanes of at least 4 members (excludes halogenated alkanes) is 22. The predicted molar refractivity (Wildman–Crippen MR) is 117 cm³/mol. The summed E-state index contributed by atoms with van der Waals surface area (Å²) >= 11 is 0. The molecule has 0 aliphatic heterocycles. The van der Waals surface area contributed by atoms with Gasteiger partial charge in [-0.25, -0.2) is 0 Å². The average Bonchev–Trinajstić information content (AvgIpc) is 2.63. The molecular formula is C25H51Li. The topological polar surface area (TPSA) is 0 Å². The molecule has 0 bridgehead atoms. The van der Waals surface area contributed by atoms with Crippen LogP contribution in [0.1, 0.15) is 155 Å². The first-order valence-corrected chi connectivity index (χ1v) is 12.2. The molecule has 0 rings (SSSR count). The van der Waals surface area contributed by atoms with E-state index < -0.39 is 0 Å². The maximum Gasteiger partial charge on any atom is 1.00 e.